The molecule has 1 aromatic carbocycles. The van der Waals surface area contributed by atoms with Gasteiger partial charge in [-0.1, -0.05) is 30.3 Å². The van der Waals surface area contributed by atoms with Gasteiger partial charge in [-0.3, -0.25) is 4.79 Å². The Morgan fingerprint density at radius 2 is 1.88 bits per heavy atom. The van der Waals surface area contributed by atoms with Crippen LogP contribution in [0, 0.1) is 0 Å². The Labute approximate surface area is 152 Å². The summed E-state index contributed by atoms with van der Waals surface area (Å²) < 4.78 is 0. The molecular formula is C19H13N3OS2. The van der Waals surface area contributed by atoms with E-state index in [2.05, 4.69) is 15.5 Å². The van der Waals surface area contributed by atoms with E-state index in [9.17, 15) is 4.79 Å². The monoisotopic (exact) mass is 363 g/mol. The van der Waals surface area contributed by atoms with Crippen LogP contribution in [0.1, 0.15) is 15.2 Å². The first-order chi connectivity index (χ1) is 12.3. The highest BCUT2D eigenvalue weighted by Crippen LogP contribution is 2.27. The predicted octanol–water partition coefficient (Wildman–Crippen LogP) is 4.79. The summed E-state index contributed by atoms with van der Waals surface area (Å²) in [6.45, 7) is 0. The minimum atomic E-state index is -0.246. The van der Waals surface area contributed by atoms with Crippen molar-refractivity contribution in [3.8, 4) is 10.6 Å². The molecule has 122 valence electrons. The quantitative estimate of drug-likeness (QED) is 0.419. The lowest BCUT2D eigenvalue weighted by molar-refractivity contribution is 0.0957. The fraction of sp³-hybridized carbons (Fsp3) is 0. The first-order valence-electron chi connectivity index (χ1n) is 7.62. The molecule has 0 saturated heterocycles. The molecule has 0 spiro atoms. The number of carbonyl (C=O) groups excluding carboxylic acids is 1. The lowest BCUT2D eigenvalue weighted by Gasteiger charge is -2.07. The molecule has 0 saturated carbocycles. The first kappa shape index (κ1) is 15.7. The Kier molecular flexibility index (Phi) is 4.37. The lowest BCUT2D eigenvalue weighted by Crippen LogP contribution is -2.18. The predicted molar refractivity (Wildman–Crippen MR) is 104 cm³/mol. The third-order valence-corrected chi connectivity index (χ3v) is 5.33. The van der Waals surface area contributed by atoms with Gasteiger partial charge < -0.3 is 0 Å². The van der Waals surface area contributed by atoms with E-state index >= 15 is 0 Å². The molecule has 0 atom stereocenters. The molecule has 1 N–H and O–H groups in total. The van der Waals surface area contributed by atoms with E-state index < -0.39 is 0 Å². The van der Waals surface area contributed by atoms with Crippen LogP contribution in [0.15, 0.2) is 70.5 Å². The van der Waals surface area contributed by atoms with Crippen LogP contribution in [0.3, 0.4) is 0 Å². The smallest absolute Gasteiger partial charge is 0.267 e. The minimum Gasteiger partial charge on any atom is -0.267 e. The van der Waals surface area contributed by atoms with Crippen LogP contribution >= 0.6 is 22.7 Å². The second-order valence-corrected chi connectivity index (χ2v) is 7.19. The maximum atomic E-state index is 12.7. The molecule has 0 unspecified atom stereocenters. The normalized spacial score (nSPS) is 11.2. The number of aromatic nitrogens is 1. The number of nitrogens with zero attached hydrogens (tertiary/aromatic N) is 2. The number of nitrogens with one attached hydrogen (secondary N) is 1. The number of hydrogen-bond donors (Lipinski definition) is 1. The SMILES string of the molecule is O=C(N/N=C\c1cccs1)c1cc(-c2cccs2)nc2ccccc12. The third-order valence-electron chi connectivity index (χ3n) is 3.64. The van der Waals surface area contributed by atoms with Crippen molar-refractivity contribution in [3.63, 3.8) is 0 Å². The van der Waals surface area contributed by atoms with Crippen LogP contribution in [0.25, 0.3) is 21.5 Å². The fourth-order valence-electron chi connectivity index (χ4n) is 2.49. The van der Waals surface area contributed by atoms with Gasteiger partial charge in [0.2, 0.25) is 0 Å². The van der Waals surface area contributed by atoms with Gasteiger partial charge in [0.15, 0.2) is 0 Å². The van der Waals surface area contributed by atoms with Crippen molar-refractivity contribution in [2.24, 2.45) is 5.10 Å². The topological polar surface area (TPSA) is 54.4 Å². The standard InChI is InChI=1S/C19H13N3OS2/c23-19(22-20-12-13-5-3-9-24-13)15-11-17(18-8-4-10-25-18)21-16-7-2-1-6-14(15)16/h1-12H,(H,22,23)/b20-12-. The number of pyridine rings is 1. The summed E-state index contributed by atoms with van der Waals surface area (Å²) in [6, 6.07) is 17.3. The molecule has 25 heavy (non-hydrogen) atoms. The van der Waals surface area contributed by atoms with E-state index in [1.165, 1.54) is 0 Å². The summed E-state index contributed by atoms with van der Waals surface area (Å²) in [5.41, 5.74) is 4.77. The number of benzene rings is 1. The molecular weight excluding hydrogens is 350 g/mol. The number of para-hydroxylation sites is 1. The average molecular weight is 363 g/mol. The molecule has 6 heteroatoms. The number of amides is 1. The molecule has 0 bridgehead atoms. The van der Waals surface area contributed by atoms with Gasteiger partial charge in [-0.2, -0.15) is 5.10 Å². The molecule has 4 aromatic rings. The second kappa shape index (κ2) is 6.96. The molecule has 0 radical (unpaired) electrons. The molecule has 3 aromatic heterocycles. The van der Waals surface area contributed by atoms with Crippen molar-refractivity contribution in [2.75, 3.05) is 0 Å². The second-order valence-electron chi connectivity index (χ2n) is 5.26. The maximum absolute atomic E-state index is 12.7. The van der Waals surface area contributed by atoms with Crippen LogP contribution in [-0.4, -0.2) is 17.1 Å². The van der Waals surface area contributed by atoms with Gasteiger partial charge in [-0.25, -0.2) is 10.4 Å². The minimum absolute atomic E-state index is 0.246. The summed E-state index contributed by atoms with van der Waals surface area (Å²) in [7, 11) is 0. The summed E-state index contributed by atoms with van der Waals surface area (Å²) >= 11 is 3.16. The Morgan fingerprint density at radius 3 is 2.68 bits per heavy atom. The Bertz CT molecular complexity index is 1040. The largest absolute Gasteiger partial charge is 0.272 e. The third kappa shape index (κ3) is 3.35. The Hall–Kier alpha value is -2.83. The molecule has 0 aliphatic carbocycles. The zero-order chi connectivity index (χ0) is 17.1. The van der Waals surface area contributed by atoms with E-state index in [-0.39, 0.29) is 5.91 Å². The van der Waals surface area contributed by atoms with Crippen molar-refractivity contribution in [3.05, 3.63) is 75.8 Å². The van der Waals surface area contributed by atoms with Crippen molar-refractivity contribution < 1.29 is 4.79 Å². The van der Waals surface area contributed by atoms with Crippen molar-refractivity contribution in [1.29, 1.82) is 0 Å². The number of hydrazone groups is 1. The number of fused-ring (bicyclic) bond motifs is 1. The van der Waals surface area contributed by atoms with Gasteiger partial charge >= 0.3 is 0 Å². The first-order valence-corrected chi connectivity index (χ1v) is 9.38. The van der Waals surface area contributed by atoms with Crippen molar-refractivity contribution in [2.45, 2.75) is 0 Å². The number of rotatable bonds is 4. The molecule has 0 aliphatic rings. The van der Waals surface area contributed by atoms with Crippen molar-refractivity contribution >= 4 is 45.7 Å². The maximum Gasteiger partial charge on any atom is 0.272 e. The van der Waals surface area contributed by atoms with Crippen LogP contribution in [0.2, 0.25) is 0 Å². The van der Waals surface area contributed by atoms with Crippen LogP contribution in [0.4, 0.5) is 0 Å². The molecule has 4 nitrogen and oxygen atoms in total. The Morgan fingerprint density at radius 1 is 1.04 bits per heavy atom. The molecule has 0 aliphatic heterocycles. The molecule has 4 rings (SSSR count). The summed E-state index contributed by atoms with van der Waals surface area (Å²) in [4.78, 5) is 19.4. The zero-order valence-corrected chi connectivity index (χ0v) is 14.7. The van der Waals surface area contributed by atoms with Crippen molar-refractivity contribution in [1.82, 2.24) is 10.4 Å². The van der Waals surface area contributed by atoms with Crippen LogP contribution < -0.4 is 5.43 Å². The van der Waals surface area contributed by atoms with E-state index in [4.69, 9.17) is 0 Å². The van der Waals surface area contributed by atoms with Gasteiger partial charge in [0.25, 0.3) is 5.91 Å². The van der Waals surface area contributed by atoms with Gasteiger partial charge in [0.05, 0.1) is 27.9 Å². The van der Waals surface area contributed by atoms with Crippen LogP contribution in [-0.2, 0) is 0 Å². The van der Waals surface area contributed by atoms with Gasteiger partial charge in [0.1, 0.15) is 0 Å². The van der Waals surface area contributed by atoms with Crippen LogP contribution in [0.5, 0.6) is 0 Å². The summed E-state index contributed by atoms with van der Waals surface area (Å²) in [6.07, 6.45) is 1.64. The fourth-order valence-corrected chi connectivity index (χ4v) is 3.76. The molecule has 1 amide bonds. The Balaban J connectivity index is 1.70. The number of carbonyl (C=O) groups is 1. The number of thiophene rings is 2. The zero-order valence-electron chi connectivity index (χ0n) is 13.0. The molecule has 0 fully saturated rings. The highest BCUT2D eigenvalue weighted by molar-refractivity contribution is 7.13. The van der Waals surface area contributed by atoms with Gasteiger partial charge in [-0.05, 0) is 35.0 Å². The summed E-state index contributed by atoms with van der Waals surface area (Å²) in [5.74, 6) is -0.246. The van der Waals surface area contributed by atoms with E-state index in [1.54, 1.807) is 28.9 Å². The highest BCUT2D eigenvalue weighted by atomic mass is 32.1. The number of hydrogen-bond acceptors (Lipinski definition) is 5. The lowest BCUT2D eigenvalue weighted by atomic mass is 10.1. The molecule has 3 heterocycles. The highest BCUT2D eigenvalue weighted by Gasteiger charge is 2.13. The average Bonchev–Trinajstić information content (AvgIpc) is 3.34. The van der Waals surface area contributed by atoms with E-state index in [0.29, 0.717) is 5.56 Å². The van der Waals surface area contributed by atoms with Gasteiger partial charge in [-0.15, -0.1) is 22.7 Å². The van der Waals surface area contributed by atoms with E-state index in [0.717, 1.165) is 26.4 Å². The van der Waals surface area contributed by atoms with E-state index in [1.807, 2.05) is 65.4 Å². The van der Waals surface area contributed by atoms with Gasteiger partial charge in [0, 0.05) is 10.3 Å². The summed E-state index contributed by atoms with van der Waals surface area (Å²) in [5, 5.41) is 8.83.